The number of carbonyl (C=O) groups excluding carboxylic acids is 2. The summed E-state index contributed by atoms with van der Waals surface area (Å²) >= 11 is 6.16. The van der Waals surface area contributed by atoms with Crippen LogP contribution in [0.4, 0.5) is 10.1 Å². The standard InChI is InChI=1S/C30H30ClFN6O3/c1-2-20-9-15-23(16-10-20)38(27(39)19-37-35-29(34-36-37)25-7-3-4-8-26(25)32)28(21-11-13-22(31)14-12-21)30(40)33-18-24-6-5-17-41-24/h3-4,7-16,24,28H,2,5-6,17-19H2,1H3,(H,33,40)/t24-,28-/m0/s1. The van der Waals surface area contributed by atoms with Gasteiger partial charge in [-0.15, -0.1) is 10.2 Å². The summed E-state index contributed by atoms with van der Waals surface area (Å²) in [6, 6.07) is 19.3. The van der Waals surface area contributed by atoms with Crippen LogP contribution in [-0.4, -0.2) is 51.3 Å². The highest BCUT2D eigenvalue weighted by Gasteiger charge is 2.34. The third kappa shape index (κ3) is 6.78. The van der Waals surface area contributed by atoms with Crippen LogP contribution in [0.15, 0.2) is 72.8 Å². The zero-order valence-electron chi connectivity index (χ0n) is 22.5. The van der Waals surface area contributed by atoms with Crippen LogP contribution in [0.2, 0.25) is 5.02 Å². The molecule has 41 heavy (non-hydrogen) atoms. The normalized spacial score (nSPS) is 15.4. The minimum absolute atomic E-state index is 0.0540. The molecule has 0 spiro atoms. The molecule has 2 heterocycles. The van der Waals surface area contributed by atoms with Crippen molar-refractivity contribution < 1.29 is 18.7 Å². The molecule has 2 atom stereocenters. The molecule has 0 bridgehead atoms. The fourth-order valence-electron chi connectivity index (χ4n) is 4.77. The highest BCUT2D eigenvalue weighted by atomic mass is 35.5. The second-order valence-electron chi connectivity index (χ2n) is 9.74. The van der Waals surface area contributed by atoms with Gasteiger partial charge < -0.3 is 10.1 Å². The van der Waals surface area contributed by atoms with Gasteiger partial charge in [0.15, 0.2) is 0 Å². The van der Waals surface area contributed by atoms with Gasteiger partial charge in [-0.1, -0.05) is 54.9 Å². The molecule has 1 aliphatic heterocycles. The summed E-state index contributed by atoms with van der Waals surface area (Å²) in [6.45, 7) is 2.70. The molecule has 0 unspecified atom stereocenters. The van der Waals surface area contributed by atoms with Gasteiger partial charge in [0.25, 0.3) is 5.91 Å². The Kier molecular flexibility index (Phi) is 9.01. The van der Waals surface area contributed by atoms with E-state index in [1.54, 1.807) is 36.4 Å². The Morgan fingerprint density at radius 2 is 1.88 bits per heavy atom. The summed E-state index contributed by atoms with van der Waals surface area (Å²) in [5, 5.41) is 15.6. The van der Waals surface area contributed by atoms with Crippen molar-refractivity contribution >= 4 is 29.1 Å². The number of nitrogens with one attached hydrogen (secondary N) is 1. The van der Waals surface area contributed by atoms with Gasteiger partial charge in [-0.05, 0) is 72.0 Å². The van der Waals surface area contributed by atoms with Crippen molar-refractivity contribution in [2.75, 3.05) is 18.1 Å². The zero-order chi connectivity index (χ0) is 28.8. The number of benzene rings is 3. The number of aryl methyl sites for hydroxylation is 1. The highest BCUT2D eigenvalue weighted by Crippen LogP contribution is 2.30. The van der Waals surface area contributed by atoms with E-state index in [1.165, 1.54) is 17.0 Å². The third-order valence-electron chi connectivity index (χ3n) is 6.96. The van der Waals surface area contributed by atoms with Gasteiger partial charge in [0.2, 0.25) is 11.7 Å². The number of halogens is 2. The Labute approximate surface area is 242 Å². The Hall–Kier alpha value is -4.15. The molecular weight excluding hydrogens is 547 g/mol. The molecule has 3 aromatic carbocycles. The van der Waals surface area contributed by atoms with Crippen LogP contribution in [0.3, 0.4) is 0 Å². The van der Waals surface area contributed by atoms with Crippen molar-refractivity contribution in [2.24, 2.45) is 0 Å². The largest absolute Gasteiger partial charge is 0.376 e. The first kappa shape index (κ1) is 28.4. The molecule has 4 aromatic rings. The highest BCUT2D eigenvalue weighted by molar-refractivity contribution is 6.30. The SMILES string of the molecule is CCc1ccc(N(C(=O)Cn2nnc(-c3ccccc3F)n2)[C@H](C(=O)NC[C@@H]2CCCO2)c2ccc(Cl)cc2)cc1. The minimum Gasteiger partial charge on any atom is -0.376 e. The fraction of sp³-hybridized carbons (Fsp3) is 0.300. The zero-order valence-corrected chi connectivity index (χ0v) is 23.3. The summed E-state index contributed by atoms with van der Waals surface area (Å²) in [5.74, 6) is -1.27. The van der Waals surface area contributed by atoms with Crippen LogP contribution >= 0.6 is 11.6 Å². The van der Waals surface area contributed by atoms with E-state index in [0.717, 1.165) is 29.6 Å². The number of carbonyl (C=O) groups is 2. The lowest BCUT2D eigenvalue weighted by atomic mass is 10.0. The molecule has 1 N–H and O–H groups in total. The molecule has 212 valence electrons. The van der Waals surface area contributed by atoms with E-state index < -0.39 is 17.8 Å². The summed E-state index contributed by atoms with van der Waals surface area (Å²) in [5.41, 5.74) is 2.35. The number of rotatable bonds is 10. The molecular formula is C30H30ClFN6O3. The van der Waals surface area contributed by atoms with Crippen LogP contribution in [-0.2, 0) is 27.3 Å². The van der Waals surface area contributed by atoms with Crippen LogP contribution in [0.1, 0.15) is 36.9 Å². The topological polar surface area (TPSA) is 102 Å². The van der Waals surface area contributed by atoms with Crippen molar-refractivity contribution in [1.82, 2.24) is 25.5 Å². The molecule has 1 saturated heterocycles. The minimum atomic E-state index is -1.02. The molecule has 11 heteroatoms. The van der Waals surface area contributed by atoms with E-state index in [9.17, 15) is 14.0 Å². The van der Waals surface area contributed by atoms with Crippen LogP contribution < -0.4 is 10.2 Å². The average molecular weight is 577 g/mol. The van der Waals surface area contributed by atoms with Gasteiger partial charge in [-0.3, -0.25) is 14.5 Å². The molecule has 0 radical (unpaired) electrons. The number of hydrogen-bond acceptors (Lipinski definition) is 6. The Balaban J connectivity index is 1.49. The van der Waals surface area contributed by atoms with Gasteiger partial charge >= 0.3 is 0 Å². The van der Waals surface area contributed by atoms with Gasteiger partial charge in [0.05, 0.1) is 11.7 Å². The quantitative estimate of drug-likeness (QED) is 0.292. The number of amides is 2. The Bertz CT molecular complexity index is 1490. The summed E-state index contributed by atoms with van der Waals surface area (Å²) in [7, 11) is 0. The monoisotopic (exact) mass is 576 g/mol. The van der Waals surface area contributed by atoms with Crippen molar-refractivity contribution in [3.05, 3.63) is 94.8 Å². The van der Waals surface area contributed by atoms with Crippen LogP contribution in [0.25, 0.3) is 11.4 Å². The lowest BCUT2D eigenvalue weighted by Gasteiger charge is -2.32. The lowest BCUT2D eigenvalue weighted by molar-refractivity contribution is -0.127. The van der Waals surface area contributed by atoms with Crippen molar-refractivity contribution in [2.45, 2.75) is 44.9 Å². The predicted molar refractivity (Wildman–Crippen MR) is 153 cm³/mol. The number of aromatic nitrogens is 4. The first-order valence-corrected chi connectivity index (χ1v) is 13.9. The fourth-order valence-corrected chi connectivity index (χ4v) is 4.89. The number of anilines is 1. The maximum atomic E-state index is 14.3. The van der Waals surface area contributed by atoms with Crippen molar-refractivity contribution in [3.8, 4) is 11.4 Å². The molecule has 1 aliphatic rings. The molecule has 1 aromatic heterocycles. The summed E-state index contributed by atoms with van der Waals surface area (Å²) in [6.07, 6.45) is 2.54. The van der Waals surface area contributed by atoms with Gasteiger partial charge in [-0.25, -0.2) is 4.39 Å². The third-order valence-corrected chi connectivity index (χ3v) is 7.21. The Morgan fingerprint density at radius 1 is 1.12 bits per heavy atom. The Morgan fingerprint density at radius 3 is 2.56 bits per heavy atom. The molecule has 9 nitrogen and oxygen atoms in total. The summed E-state index contributed by atoms with van der Waals surface area (Å²) in [4.78, 5) is 30.4. The van der Waals surface area contributed by atoms with Crippen molar-refractivity contribution in [3.63, 3.8) is 0 Å². The number of nitrogens with zero attached hydrogens (tertiary/aromatic N) is 5. The van der Waals surface area contributed by atoms with Crippen LogP contribution in [0.5, 0.6) is 0 Å². The lowest BCUT2D eigenvalue weighted by Crippen LogP contribution is -2.46. The van der Waals surface area contributed by atoms with Gasteiger partial charge in [0, 0.05) is 23.9 Å². The maximum Gasteiger partial charge on any atom is 0.251 e. The second-order valence-corrected chi connectivity index (χ2v) is 10.2. The smallest absolute Gasteiger partial charge is 0.251 e. The number of tetrazole rings is 1. The van der Waals surface area contributed by atoms with Crippen molar-refractivity contribution in [1.29, 1.82) is 0 Å². The molecule has 1 fully saturated rings. The summed E-state index contributed by atoms with van der Waals surface area (Å²) < 4.78 is 20.0. The van der Waals surface area contributed by atoms with E-state index in [-0.39, 0.29) is 29.9 Å². The van der Waals surface area contributed by atoms with E-state index in [1.807, 2.05) is 31.2 Å². The van der Waals surface area contributed by atoms with Gasteiger partial charge in [-0.2, -0.15) is 4.80 Å². The maximum absolute atomic E-state index is 14.3. The number of hydrogen-bond donors (Lipinski definition) is 1. The average Bonchev–Trinajstić information content (AvgIpc) is 3.68. The first-order chi connectivity index (χ1) is 19.9. The van der Waals surface area contributed by atoms with E-state index in [0.29, 0.717) is 29.4 Å². The molecule has 0 aliphatic carbocycles. The number of ether oxygens (including phenoxy) is 1. The molecule has 5 rings (SSSR count). The van der Waals surface area contributed by atoms with E-state index in [2.05, 4.69) is 20.7 Å². The van der Waals surface area contributed by atoms with E-state index >= 15 is 0 Å². The van der Waals surface area contributed by atoms with Gasteiger partial charge in [0.1, 0.15) is 18.4 Å². The second kappa shape index (κ2) is 13.0. The molecule has 2 amide bonds. The molecule has 0 saturated carbocycles. The van der Waals surface area contributed by atoms with E-state index in [4.69, 9.17) is 16.3 Å². The van der Waals surface area contributed by atoms with Crippen LogP contribution in [0, 0.1) is 5.82 Å². The first-order valence-electron chi connectivity index (χ1n) is 13.5. The predicted octanol–water partition coefficient (Wildman–Crippen LogP) is 4.76.